The first-order valence-electron chi connectivity index (χ1n) is 11.4. The molecule has 1 aliphatic heterocycles. The van der Waals surface area contributed by atoms with E-state index in [2.05, 4.69) is 41.9 Å². The summed E-state index contributed by atoms with van der Waals surface area (Å²) < 4.78 is 10.9. The van der Waals surface area contributed by atoms with Crippen molar-refractivity contribution in [2.24, 2.45) is 4.99 Å². The monoisotopic (exact) mass is 425 g/mol. The predicted octanol–water partition coefficient (Wildman–Crippen LogP) is 2.49. The zero-order valence-electron chi connectivity index (χ0n) is 19.8. The number of ether oxygens (including phenoxy) is 2. The van der Waals surface area contributed by atoms with Crippen LogP contribution in [0.1, 0.15) is 66.2 Å². The van der Waals surface area contributed by atoms with Crippen LogP contribution in [0.15, 0.2) is 4.99 Å². The Bertz CT molecular complexity index is 560. The molecule has 2 rings (SSSR count). The minimum absolute atomic E-state index is 0.0651. The van der Waals surface area contributed by atoms with Gasteiger partial charge in [-0.15, -0.1) is 0 Å². The molecule has 2 fully saturated rings. The van der Waals surface area contributed by atoms with Gasteiger partial charge >= 0.3 is 6.09 Å². The van der Waals surface area contributed by atoms with Crippen LogP contribution in [-0.2, 0) is 9.47 Å². The van der Waals surface area contributed by atoms with E-state index in [1.807, 2.05) is 20.8 Å². The topological polar surface area (TPSA) is 87.2 Å². The zero-order valence-corrected chi connectivity index (χ0v) is 19.8. The number of amides is 1. The highest BCUT2D eigenvalue weighted by molar-refractivity contribution is 5.80. The van der Waals surface area contributed by atoms with Gasteiger partial charge in [0.15, 0.2) is 5.96 Å². The highest BCUT2D eigenvalue weighted by Gasteiger charge is 2.35. The second-order valence-electron chi connectivity index (χ2n) is 9.77. The number of hydrogen-bond acceptors (Lipinski definition) is 5. The predicted molar refractivity (Wildman–Crippen MR) is 121 cm³/mol. The third-order valence-electron chi connectivity index (χ3n) is 6.04. The Labute approximate surface area is 182 Å². The number of aliphatic imine (C=N–C) groups is 1. The van der Waals surface area contributed by atoms with Gasteiger partial charge in [0.1, 0.15) is 5.60 Å². The van der Waals surface area contributed by atoms with E-state index in [4.69, 9.17) is 14.5 Å². The summed E-state index contributed by atoms with van der Waals surface area (Å²) in [4.78, 5) is 19.2. The molecule has 8 nitrogen and oxygen atoms in total. The molecule has 8 heteroatoms. The van der Waals surface area contributed by atoms with Gasteiger partial charge in [0.2, 0.25) is 0 Å². The second-order valence-corrected chi connectivity index (χ2v) is 9.77. The molecular weight excluding hydrogens is 382 g/mol. The Morgan fingerprint density at radius 2 is 1.67 bits per heavy atom. The summed E-state index contributed by atoms with van der Waals surface area (Å²) in [5.74, 6) is 0.883. The van der Waals surface area contributed by atoms with Crippen LogP contribution >= 0.6 is 0 Å². The van der Waals surface area contributed by atoms with Gasteiger partial charge in [0.25, 0.3) is 0 Å². The Balaban J connectivity index is 1.85. The largest absolute Gasteiger partial charge is 0.444 e. The molecule has 0 bridgehead atoms. The van der Waals surface area contributed by atoms with Crippen LogP contribution < -0.4 is 16.0 Å². The van der Waals surface area contributed by atoms with Gasteiger partial charge in [0, 0.05) is 37.4 Å². The summed E-state index contributed by atoms with van der Waals surface area (Å²) in [5.41, 5.74) is -0.399. The lowest BCUT2D eigenvalue weighted by molar-refractivity contribution is -0.00255. The SMILES string of the molecule is CCNC(=NCC1(N(C)C)CCOCC1)NC1CCC(NC(=O)OC(C)(C)C)CC1. The summed E-state index contributed by atoms with van der Waals surface area (Å²) in [6, 6.07) is 0.543. The smallest absolute Gasteiger partial charge is 0.407 e. The average molecular weight is 426 g/mol. The van der Waals surface area contributed by atoms with Crippen LogP contribution in [0.5, 0.6) is 0 Å². The van der Waals surface area contributed by atoms with Crippen molar-refractivity contribution in [3.05, 3.63) is 0 Å². The Kier molecular flexibility index (Phi) is 9.22. The van der Waals surface area contributed by atoms with E-state index >= 15 is 0 Å². The molecule has 1 aliphatic carbocycles. The van der Waals surface area contributed by atoms with Crippen LogP contribution in [-0.4, -0.2) is 80.6 Å². The standard InChI is InChI=1S/C22H43N5O3/c1-7-23-19(24-16-22(27(5)6)12-14-29-15-13-22)25-17-8-10-18(11-9-17)26-20(28)30-21(2,3)4/h17-18H,7-16H2,1-6H3,(H,26,28)(H2,23,24,25). The molecule has 30 heavy (non-hydrogen) atoms. The van der Waals surface area contributed by atoms with Crippen LogP contribution in [0.2, 0.25) is 0 Å². The Hall–Kier alpha value is -1.54. The molecule has 3 N–H and O–H groups in total. The highest BCUT2D eigenvalue weighted by Crippen LogP contribution is 2.26. The van der Waals surface area contributed by atoms with E-state index in [1.165, 1.54) is 0 Å². The summed E-state index contributed by atoms with van der Waals surface area (Å²) in [6.07, 6.45) is 5.56. The molecule has 0 aromatic heterocycles. The molecule has 174 valence electrons. The minimum Gasteiger partial charge on any atom is -0.444 e. The summed E-state index contributed by atoms with van der Waals surface area (Å²) in [5, 5.41) is 10.0. The van der Waals surface area contributed by atoms with Gasteiger partial charge in [0.05, 0.1) is 6.54 Å². The van der Waals surface area contributed by atoms with Crippen molar-refractivity contribution >= 4 is 12.1 Å². The molecule has 0 radical (unpaired) electrons. The third-order valence-corrected chi connectivity index (χ3v) is 6.04. The zero-order chi connectivity index (χ0) is 22.2. The van der Waals surface area contributed by atoms with Crippen molar-refractivity contribution in [1.29, 1.82) is 0 Å². The molecule has 1 saturated carbocycles. The van der Waals surface area contributed by atoms with Gasteiger partial charge in [-0.1, -0.05) is 0 Å². The van der Waals surface area contributed by atoms with E-state index in [0.717, 1.165) is 70.8 Å². The number of nitrogens with zero attached hydrogens (tertiary/aromatic N) is 2. The molecule has 0 spiro atoms. The van der Waals surface area contributed by atoms with Crippen LogP contribution in [0.4, 0.5) is 4.79 Å². The van der Waals surface area contributed by atoms with E-state index in [1.54, 1.807) is 0 Å². The molecule has 0 aromatic rings. The molecule has 1 heterocycles. The molecule has 0 aromatic carbocycles. The normalized spacial score (nSPS) is 25.0. The first-order valence-corrected chi connectivity index (χ1v) is 11.4. The van der Waals surface area contributed by atoms with E-state index < -0.39 is 5.60 Å². The van der Waals surface area contributed by atoms with Crippen molar-refractivity contribution in [3.63, 3.8) is 0 Å². The van der Waals surface area contributed by atoms with Crippen molar-refractivity contribution < 1.29 is 14.3 Å². The lowest BCUT2D eigenvalue weighted by Gasteiger charge is -2.41. The molecule has 1 saturated heterocycles. The van der Waals surface area contributed by atoms with E-state index in [-0.39, 0.29) is 17.7 Å². The van der Waals surface area contributed by atoms with Gasteiger partial charge < -0.3 is 30.3 Å². The van der Waals surface area contributed by atoms with Crippen LogP contribution in [0, 0.1) is 0 Å². The Morgan fingerprint density at radius 3 is 2.17 bits per heavy atom. The number of rotatable bonds is 6. The minimum atomic E-state index is -0.464. The van der Waals surface area contributed by atoms with Crippen LogP contribution in [0.25, 0.3) is 0 Å². The molecule has 1 amide bonds. The first-order chi connectivity index (χ1) is 14.1. The van der Waals surface area contributed by atoms with Gasteiger partial charge in [-0.3, -0.25) is 4.99 Å². The van der Waals surface area contributed by atoms with Crippen molar-refractivity contribution in [2.75, 3.05) is 40.4 Å². The maximum atomic E-state index is 12.0. The van der Waals surface area contributed by atoms with E-state index in [9.17, 15) is 4.79 Å². The number of carbonyl (C=O) groups excluding carboxylic acids is 1. The first kappa shape index (κ1) is 24.7. The lowest BCUT2D eigenvalue weighted by Crippen LogP contribution is -2.52. The molecule has 0 atom stereocenters. The Morgan fingerprint density at radius 1 is 1.10 bits per heavy atom. The second kappa shape index (κ2) is 11.2. The fourth-order valence-electron chi connectivity index (χ4n) is 4.09. The van der Waals surface area contributed by atoms with Crippen LogP contribution in [0.3, 0.4) is 0 Å². The van der Waals surface area contributed by atoms with E-state index in [0.29, 0.717) is 6.04 Å². The quantitative estimate of drug-likeness (QED) is 0.448. The summed E-state index contributed by atoms with van der Waals surface area (Å²) in [7, 11) is 4.28. The highest BCUT2D eigenvalue weighted by atomic mass is 16.6. The van der Waals surface area contributed by atoms with Gasteiger partial charge in [-0.2, -0.15) is 0 Å². The maximum Gasteiger partial charge on any atom is 0.407 e. The molecule has 0 unspecified atom stereocenters. The third kappa shape index (κ3) is 7.95. The number of guanidine groups is 1. The van der Waals surface area contributed by atoms with Crippen molar-refractivity contribution in [3.8, 4) is 0 Å². The number of alkyl carbamates (subject to hydrolysis) is 1. The number of carbonyl (C=O) groups is 1. The maximum absolute atomic E-state index is 12.0. The average Bonchev–Trinajstić information content (AvgIpc) is 2.67. The molecular formula is C22H43N5O3. The molecule has 2 aliphatic rings. The van der Waals surface area contributed by atoms with Gasteiger partial charge in [-0.25, -0.2) is 4.79 Å². The van der Waals surface area contributed by atoms with Crippen molar-refractivity contribution in [2.45, 2.75) is 89.4 Å². The number of likely N-dealkylation sites (N-methyl/N-ethyl adjacent to an activating group) is 1. The number of hydrogen-bond donors (Lipinski definition) is 3. The van der Waals surface area contributed by atoms with Crippen molar-refractivity contribution in [1.82, 2.24) is 20.9 Å². The number of nitrogens with one attached hydrogen (secondary N) is 3. The summed E-state index contributed by atoms with van der Waals surface area (Å²) >= 11 is 0. The fourth-order valence-corrected chi connectivity index (χ4v) is 4.09. The summed E-state index contributed by atoms with van der Waals surface area (Å²) in [6.45, 7) is 10.9. The lowest BCUT2D eigenvalue weighted by atomic mass is 9.89. The van der Waals surface area contributed by atoms with Gasteiger partial charge in [-0.05, 0) is 80.3 Å². The fraction of sp³-hybridized carbons (Fsp3) is 0.909.